The van der Waals surface area contributed by atoms with Crippen molar-refractivity contribution in [2.45, 2.75) is 6.61 Å². The number of nitrogens with zero attached hydrogens (tertiary/aromatic N) is 2. The van der Waals surface area contributed by atoms with Crippen molar-refractivity contribution < 1.29 is 9.53 Å². The maximum atomic E-state index is 11.8. The Morgan fingerprint density at radius 1 is 1.56 bits per heavy atom. The number of rotatable bonds is 3. The number of anilines is 1. The van der Waals surface area contributed by atoms with Gasteiger partial charge in [0.15, 0.2) is 0 Å². The van der Waals surface area contributed by atoms with E-state index in [9.17, 15) is 4.79 Å². The molecule has 0 aliphatic heterocycles. The van der Waals surface area contributed by atoms with Gasteiger partial charge in [-0.15, -0.1) is 0 Å². The molecule has 0 spiro atoms. The molecule has 0 saturated heterocycles. The average Bonchev–Trinajstić information content (AvgIpc) is 2.72. The fraction of sp³-hybridized carbons (Fsp3) is 0.167. The van der Waals surface area contributed by atoms with Crippen LogP contribution in [0.15, 0.2) is 30.6 Å². The molecule has 0 amide bonds. The van der Waals surface area contributed by atoms with Gasteiger partial charge in [-0.2, -0.15) is 5.10 Å². The molecule has 1 aromatic heterocycles. The number of carbonyl (C=O) groups is 1. The minimum absolute atomic E-state index is 0.161. The highest BCUT2D eigenvalue weighted by atomic mass is 35.5. The van der Waals surface area contributed by atoms with Gasteiger partial charge in [0, 0.05) is 29.5 Å². The summed E-state index contributed by atoms with van der Waals surface area (Å²) in [6, 6.07) is 4.66. The third kappa shape index (κ3) is 2.81. The Kier molecular flexibility index (Phi) is 3.53. The summed E-state index contributed by atoms with van der Waals surface area (Å²) in [5, 5.41) is 4.46. The Morgan fingerprint density at radius 3 is 2.94 bits per heavy atom. The van der Waals surface area contributed by atoms with Crippen LogP contribution in [0.3, 0.4) is 0 Å². The molecule has 0 fully saturated rings. The number of hydrogen-bond acceptors (Lipinski definition) is 4. The molecule has 94 valence electrons. The number of aromatic nitrogens is 2. The molecule has 2 rings (SSSR count). The molecule has 0 atom stereocenters. The maximum absolute atomic E-state index is 11.8. The Bertz CT molecular complexity index is 580. The maximum Gasteiger partial charge on any atom is 0.340 e. The van der Waals surface area contributed by atoms with E-state index in [2.05, 4.69) is 5.10 Å². The zero-order valence-electron chi connectivity index (χ0n) is 9.76. The molecule has 2 N–H and O–H groups in total. The topological polar surface area (TPSA) is 70.1 Å². The van der Waals surface area contributed by atoms with E-state index in [0.717, 1.165) is 5.56 Å². The summed E-state index contributed by atoms with van der Waals surface area (Å²) in [7, 11) is 1.79. The van der Waals surface area contributed by atoms with Crippen molar-refractivity contribution in [2.75, 3.05) is 5.73 Å². The average molecular weight is 266 g/mol. The van der Waals surface area contributed by atoms with E-state index >= 15 is 0 Å². The lowest BCUT2D eigenvalue weighted by Crippen LogP contribution is -2.08. The summed E-state index contributed by atoms with van der Waals surface area (Å²) in [4.78, 5) is 11.8. The van der Waals surface area contributed by atoms with Crippen LogP contribution in [0.5, 0.6) is 0 Å². The third-order valence-electron chi connectivity index (χ3n) is 2.36. The normalized spacial score (nSPS) is 10.3. The quantitative estimate of drug-likeness (QED) is 0.681. The first-order valence-corrected chi connectivity index (χ1v) is 5.64. The molecular weight excluding hydrogens is 254 g/mol. The van der Waals surface area contributed by atoms with Crippen LogP contribution in [-0.2, 0) is 18.4 Å². The highest BCUT2D eigenvalue weighted by molar-refractivity contribution is 6.31. The lowest BCUT2D eigenvalue weighted by Gasteiger charge is -2.06. The van der Waals surface area contributed by atoms with E-state index in [1.807, 2.05) is 0 Å². The van der Waals surface area contributed by atoms with Crippen molar-refractivity contribution in [2.24, 2.45) is 7.05 Å². The summed E-state index contributed by atoms with van der Waals surface area (Å²) in [5.41, 5.74) is 7.12. The van der Waals surface area contributed by atoms with Crippen molar-refractivity contribution in [3.05, 3.63) is 46.7 Å². The number of hydrogen-bond donors (Lipinski definition) is 1. The Hall–Kier alpha value is -2.01. The summed E-state index contributed by atoms with van der Waals surface area (Å²) in [6.07, 6.45) is 3.41. The lowest BCUT2D eigenvalue weighted by atomic mass is 10.2. The predicted molar refractivity (Wildman–Crippen MR) is 68.2 cm³/mol. The van der Waals surface area contributed by atoms with E-state index in [1.54, 1.807) is 36.3 Å². The Morgan fingerprint density at radius 2 is 2.33 bits per heavy atom. The van der Waals surface area contributed by atoms with Crippen molar-refractivity contribution in [3.8, 4) is 0 Å². The summed E-state index contributed by atoms with van der Waals surface area (Å²) in [6.45, 7) is 0.161. The van der Waals surface area contributed by atoms with Gasteiger partial charge in [0.2, 0.25) is 0 Å². The van der Waals surface area contributed by atoms with E-state index in [-0.39, 0.29) is 6.61 Å². The number of halogens is 1. The number of ether oxygens (including phenoxy) is 1. The SMILES string of the molecule is Cn1cc(COC(=O)c2ccc(Cl)cc2N)cn1. The third-order valence-corrected chi connectivity index (χ3v) is 2.60. The lowest BCUT2D eigenvalue weighted by molar-refractivity contribution is 0.0474. The van der Waals surface area contributed by atoms with Crippen molar-refractivity contribution in [3.63, 3.8) is 0 Å². The molecule has 5 nitrogen and oxygen atoms in total. The van der Waals surface area contributed by atoms with Gasteiger partial charge in [0.05, 0.1) is 11.8 Å². The van der Waals surface area contributed by atoms with Gasteiger partial charge < -0.3 is 10.5 Å². The first kappa shape index (κ1) is 12.4. The van der Waals surface area contributed by atoms with Crippen LogP contribution < -0.4 is 5.73 Å². The van der Waals surface area contributed by atoms with Gasteiger partial charge >= 0.3 is 5.97 Å². The second-order valence-electron chi connectivity index (χ2n) is 3.83. The number of nitrogen functional groups attached to an aromatic ring is 1. The van der Waals surface area contributed by atoms with Gasteiger partial charge in [-0.25, -0.2) is 4.79 Å². The van der Waals surface area contributed by atoms with E-state index < -0.39 is 5.97 Å². The van der Waals surface area contributed by atoms with E-state index in [4.69, 9.17) is 22.1 Å². The van der Waals surface area contributed by atoms with Crippen LogP contribution in [0.2, 0.25) is 5.02 Å². The van der Waals surface area contributed by atoms with E-state index in [1.165, 1.54) is 6.07 Å². The highest BCUT2D eigenvalue weighted by Gasteiger charge is 2.11. The van der Waals surface area contributed by atoms with Gasteiger partial charge in [-0.1, -0.05) is 11.6 Å². The largest absolute Gasteiger partial charge is 0.457 e. The first-order chi connectivity index (χ1) is 8.56. The second kappa shape index (κ2) is 5.10. The molecule has 1 heterocycles. The fourth-order valence-electron chi connectivity index (χ4n) is 1.49. The van der Waals surface area contributed by atoms with Crippen molar-refractivity contribution in [1.29, 1.82) is 0 Å². The van der Waals surface area contributed by atoms with Crippen LogP contribution in [0.1, 0.15) is 15.9 Å². The summed E-state index contributed by atoms with van der Waals surface area (Å²) < 4.78 is 6.77. The number of carbonyl (C=O) groups excluding carboxylic acids is 1. The number of benzene rings is 1. The summed E-state index contributed by atoms with van der Waals surface area (Å²) >= 11 is 5.75. The van der Waals surface area contributed by atoms with Gasteiger partial charge in [-0.3, -0.25) is 4.68 Å². The zero-order chi connectivity index (χ0) is 13.1. The highest BCUT2D eigenvalue weighted by Crippen LogP contribution is 2.19. The van der Waals surface area contributed by atoms with Crippen LogP contribution >= 0.6 is 11.6 Å². The Balaban J connectivity index is 2.03. The smallest absolute Gasteiger partial charge is 0.340 e. The second-order valence-corrected chi connectivity index (χ2v) is 4.27. The minimum Gasteiger partial charge on any atom is -0.457 e. The molecule has 0 aliphatic carbocycles. The van der Waals surface area contributed by atoms with Crippen LogP contribution in [0.25, 0.3) is 0 Å². The predicted octanol–water partition coefficient (Wildman–Crippen LogP) is 2.01. The van der Waals surface area contributed by atoms with Gasteiger partial charge in [0.25, 0.3) is 0 Å². The Labute approximate surface area is 109 Å². The molecule has 0 unspecified atom stereocenters. The van der Waals surface area contributed by atoms with Crippen LogP contribution in [0, 0.1) is 0 Å². The number of aryl methyl sites for hydroxylation is 1. The molecule has 0 bridgehead atoms. The number of esters is 1. The monoisotopic (exact) mass is 265 g/mol. The molecule has 18 heavy (non-hydrogen) atoms. The molecule has 6 heteroatoms. The van der Waals surface area contributed by atoms with Crippen molar-refractivity contribution in [1.82, 2.24) is 9.78 Å². The molecule has 2 aromatic rings. The summed E-state index contributed by atoms with van der Waals surface area (Å²) in [5.74, 6) is -0.479. The van der Waals surface area contributed by atoms with Gasteiger partial charge in [0.1, 0.15) is 6.61 Å². The number of nitrogens with two attached hydrogens (primary N) is 1. The first-order valence-electron chi connectivity index (χ1n) is 5.26. The van der Waals surface area contributed by atoms with Gasteiger partial charge in [-0.05, 0) is 18.2 Å². The molecule has 1 aromatic carbocycles. The minimum atomic E-state index is -0.479. The zero-order valence-corrected chi connectivity index (χ0v) is 10.5. The molecular formula is C12H12ClN3O2. The fourth-order valence-corrected chi connectivity index (χ4v) is 1.67. The van der Waals surface area contributed by atoms with Crippen molar-refractivity contribution >= 4 is 23.3 Å². The molecule has 0 saturated carbocycles. The molecule has 0 radical (unpaired) electrons. The van der Waals surface area contributed by atoms with Crippen LogP contribution in [-0.4, -0.2) is 15.7 Å². The van der Waals surface area contributed by atoms with Crippen LogP contribution in [0.4, 0.5) is 5.69 Å². The molecule has 0 aliphatic rings. The van der Waals surface area contributed by atoms with E-state index in [0.29, 0.717) is 16.3 Å². The standard InChI is InChI=1S/C12H12ClN3O2/c1-16-6-8(5-15-16)7-18-12(17)10-3-2-9(13)4-11(10)14/h2-6H,7,14H2,1H3.